The van der Waals surface area contributed by atoms with Gasteiger partial charge >= 0.3 is 0 Å². The molecular formula is C8H9IO2. The van der Waals surface area contributed by atoms with E-state index in [2.05, 4.69) is 22.6 Å². The Balaban J connectivity index is 2.99. The van der Waals surface area contributed by atoms with Gasteiger partial charge in [0, 0.05) is 16.1 Å². The van der Waals surface area contributed by atoms with Crippen molar-refractivity contribution in [2.24, 2.45) is 0 Å². The van der Waals surface area contributed by atoms with Crippen LogP contribution in [-0.2, 0) is 4.43 Å². The lowest BCUT2D eigenvalue weighted by atomic mass is 10.2. The summed E-state index contributed by atoms with van der Waals surface area (Å²) in [7, 11) is 1.58. The third kappa shape index (κ3) is 1.99. The average Bonchev–Trinajstić information content (AvgIpc) is 2.04. The van der Waals surface area contributed by atoms with Crippen LogP contribution in [-0.4, -0.2) is 12.2 Å². The molecule has 0 atom stereocenters. The van der Waals surface area contributed by atoms with Gasteiger partial charge in [0.05, 0.1) is 7.11 Å². The Morgan fingerprint density at radius 3 is 2.73 bits per heavy atom. The summed E-state index contributed by atoms with van der Waals surface area (Å²) < 4.78 is 5.75. The normalized spacial score (nSPS) is 9.64. The van der Waals surface area contributed by atoms with Crippen molar-refractivity contribution in [1.82, 2.24) is 0 Å². The molecule has 0 spiro atoms. The number of rotatable bonds is 2. The molecule has 0 fully saturated rings. The van der Waals surface area contributed by atoms with Gasteiger partial charge in [-0.25, -0.2) is 0 Å². The fourth-order valence-electron chi connectivity index (χ4n) is 0.784. The molecule has 3 heteroatoms. The summed E-state index contributed by atoms with van der Waals surface area (Å²) in [6.45, 7) is 0. The second-order valence-corrected chi connectivity index (χ2v) is 2.89. The van der Waals surface area contributed by atoms with Gasteiger partial charge in [0.25, 0.3) is 0 Å². The van der Waals surface area contributed by atoms with E-state index >= 15 is 0 Å². The molecule has 60 valence electrons. The van der Waals surface area contributed by atoms with Crippen molar-refractivity contribution in [3.63, 3.8) is 0 Å². The first-order chi connectivity index (χ1) is 5.27. The number of benzene rings is 1. The van der Waals surface area contributed by atoms with Gasteiger partial charge in [0.2, 0.25) is 0 Å². The van der Waals surface area contributed by atoms with Gasteiger partial charge in [-0.15, -0.1) is 0 Å². The maximum atomic E-state index is 9.34. The topological polar surface area (TPSA) is 29.5 Å². The smallest absolute Gasteiger partial charge is 0.123 e. The van der Waals surface area contributed by atoms with Crippen LogP contribution in [0.5, 0.6) is 11.5 Å². The molecule has 0 unspecified atom stereocenters. The lowest BCUT2D eigenvalue weighted by Gasteiger charge is -2.02. The number of phenolic OH excluding ortho intramolecular Hbond substituents is 1. The van der Waals surface area contributed by atoms with Crippen LogP contribution in [0, 0.1) is 0 Å². The van der Waals surface area contributed by atoms with Crippen molar-refractivity contribution in [3.05, 3.63) is 23.8 Å². The SMILES string of the molecule is COc1ccc(CI)c(O)c1. The highest BCUT2D eigenvalue weighted by Gasteiger charge is 1.99. The summed E-state index contributed by atoms with van der Waals surface area (Å²) in [4.78, 5) is 0. The maximum Gasteiger partial charge on any atom is 0.123 e. The number of hydrogen-bond donors (Lipinski definition) is 1. The summed E-state index contributed by atoms with van der Waals surface area (Å²) in [5, 5.41) is 9.34. The monoisotopic (exact) mass is 264 g/mol. The van der Waals surface area contributed by atoms with Gasteiger partial charge < -0.3 is 9.84 Å². The lowest BCUT2D eigenvalue weighted by Crippen LogP contribution is -1.84. The summed E-state index contributed by atoms with van der Waals surface area (Å²) in [5.74, 6) is 0.995. The molecule has 1 rings (SSSR count). The van der Waals surface area contributed by atoms with Gasteiger partial charge in [0.15, 0.2) is 0 Å². The van der Waals surface area contributed by atoms with E-state index in [-0.39, 0.29) is 0 Å². The largest absolute Gasteiger partial charge is 0.508 e. The van der Waals surface area contributed by atoms with E-state index < -0.39 is 0 Å². The fraction of sp³-hybridized carbons (Fsp3) is 0.250. The van der Waals surface area contributed by atoms with E-state index in [0.717, 1.165) is 9.99 Å². The second-order valence-electron chi connectivity index (χ2n) is 2.13. The molecule has 0 heterocycles. The molecular weight excluding hydrogens is 255 g/mol. The van der Waals surface area contributed by atoms with Crippen LogP contribution < -0.4 is 4.74 Å². The Morgan fingerprint density at radius 2 is 2.27 bits per heavy atom. The minimum absolute atomic E-state index is 0.304. The van der Waals surface area contributed by atoms with E-state index in [1.54, 1.807) is 13.2 Å². The number of phenols is 1. The van der Waals surface area contributed by atoms with Gasteiger partial charge in [-0.2, -0.15) is 0 Å². The fourth-order valence-corrected chi connectivity index (χ4v) is 1.43. The first-order valence-corrected chi connectivity index (χ1v) is 4.72. The van der Waals surface area contributed by atoms with Crippen LogP contribution >= 0.6 is 22.6 Å². The van der Waals surface area contributed by atoms with Crippen molar-refractivity contribution in [3.8, 4) is 11.5 Å². The molecule has 0 bridgehead atoms. The van der Waals surface area contributed by atoms with Gasteiger partial charge in [-0.1, -0.05) is 28.7 Å². The summed E-state index contributed by atoms with van der Waals surface area (Å²) in [6, 6.07) is 5.32. The molecule has 0 radical (unpaired) electrons. The van der Waals surface area contributed by atoms with Crippen LogP contribution in [0.3, 0.4) is 0 Å². The number of methoxy groups -OCH3 is 1. The lowest BCUT2D eigenvalue weighted by molar-refractivity contribution is 0.407. The van der Waals surface area contributed by atoms with Crippen LogP contribution in [0.2, 0.25) is 0 Å². The van der Waals surface area contributed by atoms with Crippen molar-refractivity contribution < 1.29 is 9.84 Å². The third-order valence-electron chi connectivity index (χ3n) is 1.44. The zero-order valence-electron chi connectivity index (χ0n) is 6.17. The van der Waals surface area contributed by atoms with Crippen LogP contribution in [0.15, 0.2) is 18.2 Å². The minimum atomic E-state index is 0.304. The highest BCUT2D eigenvalue weighted by atomic mass is 127. The zero-order valence-corrected chi connectivity index (χ0v) is 8.33. The highest BCUT2D eigenvalue weighted by Crippen LogP contribution is 2.24. The quantitative estimate of drug-likeness (QED) is 0.656. The molecule has 1 N–H and O–H groups in total. The Kier molecular flexibility index (Phi) is 2.99. The molecule has 0 amide bonds. The number of hydrogen-bond acceptors (Lipinski definition) is 2. The molecule has 0 saturated carbocycles. The molecule has 0 aliphatic rings. The van der Waals surface area contributed by atoms with Crippen molar-refractivity contribution >= 4 is 22.6 Å². The Hall–Kier alpha value is -0.450. The molecule has 0 aromatic heterocycles. The number of alkyl halides is 1. The van der Waals surface area contributed by atoms with E-state index in [0.29, 0.717) is 11.5 Å². The number of halogens is 1. The molecule has 11 heavy (non-hydrogen) atoms. The second kappa shape index (κ2) is 3.80. The Bertz CT molecular complexity index is 248. The zero-order chi connectivity index (χ0) is 8.27. The van der Waals surface area contributed by atoms with E-state index in [1.165, 1.54) is 0 Å². The van der Waals surface area contributed by atoms with Crippen molar-refractivity contribution in [1.29, 1.82) is 0 Å². The molecule has 1 aromatic rings. The number of ether oxygens (including phenoxy) is 1. The van der Waals surface area contributed by atoms with Crippen LogP contribution in [0.25, 0.3) is 0 Å². The maximum absolute atomic E-state index is 9.34. The van der Waals surface area contributed by atoms with E-state index in [9.17, 15) is 5.11 Å². The van der Waals surface area contributed by atoms with E-state index in [1.807, 2.05) is 12.1 Å². The summed E-state index contributed by atoms with van der Waals surface area (Å²) in [5.41, 5.74) is 0.936. The molecule has 0 aliphatic carbocycles. The highest BCUT2D eigenvalue weighted by molar-refractivity contribution is 14.1. The Morgan fingerprint density at radius 1 is 1.55 bits per heavy atom. The van der Waals surface area contributed by atoms with E-state index in [4.69, 9.17) is 4.74 Å². The molecule has 0 saturated heterocycles. The Labute approximate surface area is 79.3 Å². The minimum Gasteiger partial charge on any atom is -0.508 e. The van der Waals surface area contributed by atoms with Gasteiger partial charge in [-0.05, 0) is 6.07 Å². The summed E-state index contributed by atoms with van der Waals surface area (Å²) in [6.07, 6.45) is 0. The number of aromatic hydroxyl groups is 1. The first kappa shape index (κ1) is 8.64. The van der Waals surface area contributed by atoms with Crippen molar-refractivity contribution in [2.45, 2.75) is 4.43 Å². The predicted octanol–water partition coefficient (Wildman–Crippen LogP) is 2.34. The average molecular weight is 264 g/mol. The molecule has 1 aromatic carbocycles. The van der Waals surface area contributed by atoms with Crippen LogP contribution in [0.4, 0.5) is 0 Å². The third-order valence-corrected chi connectivity index (χ3v) is 2.26. The standard InChI is InChI=1S/C8H9IO2/c1-11-7-3-2-6(5-9)8(10)4-7/h2-4,10H,5H2,1H3. The van der Waals surface area contributed by atoms with Gasteiger partial charge in [-0.3, -0.25) is 0 Å². The molecule has 2 nitrogen and oxygen atoms in total. The molecule has 0 aliphatic heterocycles. The van der Waals surface area contributed by atoms with Crippen molar-refractivity contribution in [2.75, 3.05) is 7.11 Å². The summed E-state index contributed by atoms with van der Waals surface area (Å²) >= 11 is 2.20. The van der Waals surface area contributed by atoms with Crippen LogP contribution in [0.1, 0.15) is 5.56 Å². The predicted molar refractivity (Wildman–Crippen MR) is 52.4 cm³/mol. The first-order valence-electron chi connectivity index (χ1n) is 3.19. The van der Waals surface area contributed by atoms with Gasteiger partial charge in [0.1, 0.15) is 11.5 Å².